The first-order chi connectivity index (χ1) is 7.57. The molecule has 1 heterocycles. The quantitative estimate of drug-likeness (QED) is 0.515. The van der Waals surface area contributed by atoms with Gasteiger partial charge in [0.1, 0.15) is 0 Å². The monoisotopic (exact) mass is 227 g/mol. The third-order valence-electron chi connectivity index (χ3n) is 1.81. The van der Waals surface area contributed by atoms with Crippen molar-refractivity contribution in [1.82, 2.24) is 4.98 Å². The predicted octanol–water partition coefficient (Wildman–Crippen LogP) is -0.475. The highest BCUT2D eigenvalue weighted by molar-refractivity contribution is 5.77. The molecule has 8 heteroatoms. The van der Waals surface area contributed by atoms with Crippen LogP contribution in [0, 0.1) is 10.1 Å². The average Bonchev–Trinajstić information content (AvgIpc) is 2.25. The van der Waals surface area contributed by atoms with Crippen LogP contribution in [0.3, 0.4) is 0 Å². The molecular weight excluding hydrogens is 218 g/mol. The largest absolute Gasteiger partial charge is 0.479 e. The summed E-state index contributed by atoms with van der Waals surface area (Å²) < 4.78 is 0. The molecule has 16 heavy (non-hydrogen) atoms. The third-order valence-corrected chi connectivity index (χ3v) is 1.81. The van der Waals surface area contributed by atoms with Gasteiger partial charge in [-0.1, -0.05) is 11.1 Å². The highest BCUT2D eigenvalue weighted by Gasteiger charge is 2.34. The van der Waals surface area contributed by atoms with Crippen LogP contribution in [-0.2, 0) is 4.79 Å². The van der Waals surface area contributed by atoms with E-state index in [-0.39, 0.29) is 5.82 Å². The molecule has 8 nitrogen and oxygen atoms in total. The summed E-state index contributed by atoms with van der Waals surface area (Å²) in [6.45, 7) is -0.882. The summed E-state index contributed by atoms with van der Waals surface area (Å²) in [6, 6.07) is 2.64. The Morgan fingerprint density at radius 3 is 2.69 bits per heavy atom. The van der Waals surface area contributed by atoms with Crippen LogP contribution in [0.1, 0.15) is 0 Å². The Labute approximate surface area is 89.9 Å². The van der Waals surface area contributed by atoms with Crippen molar-refractivity contribution in [3.05, 3.63) is 34.5 Å². The SMILES string of the molecule is O=C(O)[C@H](CO)N(c1ccccn1)[N+](=O)[O-]. The molecule has 1 aromatic heterocycles. The Hall–Kier alpha value is -2.22. The molecule has 1 atom stereocenters. The third kappa shape index (κ3) is 2.42. The molecular formula is C8H9N3O5. The second kappa shape index (κ2) is 5.03. The maximum Gasteiger partial charge on any atom is 0.335 e. The van der Waals surface area contributed by atoms with Gasteiger partial charge in [0, 0.05) is 6.20 Å². The summed E-state index contributed by atoms with van der Waals surface area (Å²) in [5, 5.41) is 27.7. The van der Waals surface area contributed by atoms with Crippen LogP contribution in [0.5, 0.6) is 0 Å². The van der Waals surface area contributed by atoms with Gasteiger partial charge in [0.25, 0.3) is 0 Å². The van der Waals surface area contributed by atoms with Crippen LogP contribution >= 0.6 is 0 Å². The zero-order valence-corrected chi connectivity index (χ0v) is 8.05. The number of aliphatic carboxylic acids is 1. The lowest BCUT2D eigenvalue weighted by atomic mass is 10.3. The number of hydrazine groups is 1. The number of nitrogens with zero attached hydrogens (tertiary/aromatic N) is 3. The van der Waals surface area contributed by atoms with Crippen LogP contribution < -0.4 is 5.01 Å². The predicted molar refractivity (Wildman–Crippen MR) is 52.2 cm³/mol. The van der Waals surface area contributed by atoms with Crippen LogP contribution in [0.25, 0.3) is 0 Å². The molecule has 0 fully saturated rings. The van der Waals surface area contributed by atoms with Gasteiger partial charge < -0.3 is 10.2 Å². The Morgan fingerprint density at radius 2 is 2.31 bits per heavy atom. The van der Waals surface area contributed by atoms with E-state index in [1.54, 1.807) is 0 Å². The van der Waals surface area contributed by atoms with E-state index in [9.17, 15) is 14.9 Å². The number of hydrogen-bond acceptors (Lipinski definition) is 5. The van der Waals surface area contributed by atoms with Gasteiger partial charge in [-0.3, -0.25) is 0 Å². The summed E-state index contributed by atoms with van der Waals surface area (Å²) in [7, 11) is 0. The Kier molecular flexibility index (Phi) is 3.72. The first-order valence-electron chi connectivity index (χ1n) is 4.26. The van der Waals surface area contributed by atoms with E-state index < -0.39 is 23.7 Å². The second-order valence-corrected chi connectivity index (χ2v) is 2.81. The van der Waals surface area contributed by atoms with Crippen molar-refractivity contribution < 1.29 is 20.0 Å². The van der Waals surface area contributed by atoms with E-state index in [4.69, 9.17) is 10.2 Å². The first kappa shape index (κ1) is 11.9. The maximum absolute atomic E-state index is 10.7. The zero-order valence-electron chi connectivity index (χ0n) is 8.05. The molecule has 0 spiro atoms. The van der Waals surface area contributed by atoms with Crippen molar-refractivity contribution in [3.8, 4) is 0 Å². The molecule has 1 rings (SSSR count). The molecule has 1 aromatic rings. The molecule has 0 saturated carbocycles. The minimum atomic E-state index is -1.66. The fourth-order valence-electron chi connectivity index (χ4n) is 1.11. The van der Waals surface area contributed by atoms with Gasteiger partial charge in [0.05, 0.1) is 6.61 Å². The van der Waals surface area contributed by atoms with E-state index >= 15 is 0 Å². The number of aliphatic hydroxyl groups is 1. The molecule has 86 valence electrons. The van der Waals surface area contributed by atoms with Crippen LogP contribution in [-0.4, -0.2) is 38.8 Å². The number of pyridine rings is 1. The summed E-state index contributed by atoms with van der Waals surface area (Å²) in [4.78, 5) is 25.1. The first-order valence-corrected chi connectivity index (χ1v) is 4.26. The molecule has 0 bridgehead atoms. The topological polar surface area (TPSA) is 117 Å². The van der Waals surface area contributed by atoms with Gasteiger partial charge in [0.2, 0.25) is 6.04 Å². The summed E-state index contributed by atoms with van der Waals surface area (Å²) in [5.41, 5.74) is 0. The fourth-order valence-corrected chi connectivity index (χ4v) is 1.11. The smallest absolute Gasteiger partial charge is 0.335 e. The molecule has 0 radical (unpaired) electrons. The molecule has 0 aliphatic heterocycles. The lowest BCUT2D eigenvalue weighted by Gasteiger charge is -2.18. The van der Waals surface area contributed by atoms with Gasteiger partial charge in [-0.15, -0.1) is 0 Å². The maximum atomic E-state index is 10.7. The van der Waals surface area contributed by atoms with Crippen molar-refractivity contribution in [2.24, 2.45) is 0 Å². The molecule has 0 aliphatic rings. The minimum absolute atomic E-state index is 0.144. The highest BCUT2D eigenvalue weighted by atomic mass is 16.7. The number of rotatable bonds is 5. The van der Waals surface area contributed by atoms with Crippen molar-refractivity contribution in [3.63, 3.8) is 0 Å². The summed E-state index contributed by atoms with van der Waals surface area (Å²) >= 11 is 0. The number of anilines is 1. The van der Waals surface area contributed by atoms with Crippen molar-refractivity contribution in [1.29, 1.82) is 0 Å². The number of hydrogen-bond donors (Lipinski definition) is 2. The molecule has 0 amide bonds. The number of carboxylic acid groups (broad SMARTS) is 1. The number of aliphatic hydroxyl groups excluding tert-OH is 1. The molecule has 0 unspecified atom stereocenters. The van der Waals surface area contributed by atoms with E-state index in [1.807, 2.05) is 0 Å². The van der Waals surface area contributed by atoms with Crippen molar-refractivity contribution >= 4 is 11.8 Å². The normalized spacial score (nSPS) is 11.8. The minimum Gasteiger partial charge on any atom is -0.479 e. The lowest BCUT2D eigenvalue weighted by molar-refractivity contribution is -0.499. The number of nitro groups is 1. The molecule has 0 aromatic carbocycles. The zero-order chi connectivity index (χ0) is 12.1. The van der Waals surface area contributed by atoms with E-state index in [1.165, 1.54) is 24.4 Å². The summed E-state index contributed by atoms with van der Waals surface area (Å²) in [5.74, 6) is -1.64. The van der Waals surface area contributed by atoms with E-state index in [2.05, 4.69) is 4.98 Å². The van der Waals surface area contributed by atoms with Gasteiger partial charge in [-0.05, 0) is 12.1 Å². The highest BCUT2D eigenvalue weighted by Crippen LogP contribution is 2.13. The van der Waals surface area contributed by atoms with E-state index in [0.29, 0.717) is 5.01 Å². The van der Waals surface area contributed by atoms with Crippen molar-refractivity contribution in [2.45, 2.75) is 6.04 Å². The fraction of sp³-hybridized carbons (Fsp3) is 0.250. The van der Waals surface area contributed by atoms with Crippen molar-refractivity contribution in [2.75, 3.05) is 11.6 Å². The number of aromatic nitrogens is 1. The number of carbonyl (C=O) groups is 1. The average molecular weight is 227 g/mol. The standard InChI is InChI=1S/C8H9N3O5/c12-5-6(8(13)14)10(11(15)16)7-3-1-2-4-9-7/h1-4,6,12H,5H2,(H,13,14)/t6-/m0/s1. The second-order valence-electron chi connectivity index (χ2n) is 2.81. The Balaban J connectivity index is 3.09. The van der Waals surface area contributed by atoms with Crippen LogP contribution in [0.4, 0.5) is 5.82 Å². The van der Waals surface area contributed by atoms with E-state index in [0.717, 1.165) is 0 Å². The van der Waals surface area contributed by atoms with Crippen LogP contribution in [0.15, 0.2) is 24.4 Å². The van der Waals surface area contributed by atoms with Gasteiger partial charge in [-0.25, -0.2) is 19.9 Å². The number of carboxylic acids is 1. The van der Waals surface area contributed by atoms with Gasteiger partial charge in [-0.2, -0.15) is 0 Å². The molecule has 0 aliphatic carbocycles. The Bertz CT molecular complexity index is 383. The van der Waals surface area contributed by atoms with Gasteiger partial charge in [0.15, 0.2) is 10.9 Å². The molecule has 2 N–H and O–H groups in total. The molecule has 0 saturated heterocycles. The lowest BCUT2D eigenvalue weighted by Crippen LogP contribution is -2.47. The summed E-state index contributed by atoms with van der Waals surface area (Å²) in [6.07, 6.45) is 1.29. The Morgan fingerprint density at radius 1 is 1.62 bits per heavy atom. The van der Waals surface area contributed by atoms with Gasteiger partial charge >= 0.3 is 5.97 Å². The van der Waals surface area contributed by atoms with Crippen LogP contribution in [0.2, 0.25) is 0 Å².